The van der Waals surface area contributed by atoms with Gasteiger partial charge in [-0.3, -0.25) is 0 Å². The lowest BCUT2D eigenvalue weighted by Gasteiger charge is -2.24. The largest absolute Gasteiger partial charge is 0.314 e. The molecular weight excluding hydrogens is 194 g/mol. The lowest BCUT2D eigenvalue weighted by atomic mass is 9.92. The lowest BCUT2D eigenvalue weighted by molar-refractivity contribution is 0.326. The summed E-state index contributed by atoms with van der Waals surface area (Å²) in [6.45, 7) is 8.04. The van der Waals surface area contributed by atoms with Gasteiger partial charge in [-0.1, -0.05) is 52.9 Å². The van der Waals surface area contributed by atoms with Crippen LogP contribution in [0.3, 0.4) is 0 Å². The van der Waals surface area contributed by atoms with E-state index in [0.29, 0.717) is 0 Å². The molecule has 3 unspecified atom stereocenters. The Morgan fingerprint density at radius 1 is 1.12 bits per heavy atom. The Hall–Kier alpha value is -0.0400. The molecule has 0 spiro atoms. The lowest BCUT2D eigenvalue weighted by Crippen LogP contribution is -2.35. The van der Waals surface area contributed by atoms with Crippen molar-refractivity contribution in [3.8, 4) is 0 Å². The number of nitrogens with one attached hydrogen (secondary N) is 1. The monoisotopic (exact) mass is 225 g/mol. The maximum absolute atomic E-state index is 3.73. The molecule has 1 fully saturated rings. The molecule has 0 radical (unpaired) electrons. The molecule has 0 saturated heterocycles. The Morgan fingerprint density at radius 3 is 2.50 bits per heavy atom. The first kappa shape index (κ1) is 14.0. The molecular formula is C15H31N. The fourth-order valence-electron chi connectivity index (χ4n) is 3.23. The van der Waals surface area contributed by atoms with Crippen molar-refractivity contribution in [2.75, 3.05) is 6.54 Å². The predicted molar refractivity (Wildman–Crippen MR) is 72.7 cm³/mol. The quantitative estimate of drug-likeness (QED) is 0.605. The van der Waals surface area contributed by atoms with Crippen LogP contribution in [0.4, 0.5) is 0 Å². The van der Waals surface area contributed by atoms with Gasteiger partial charge in [-0.05, 0) is 37.6 Å². The van der Waals surface area contributed by atoms with Crippen LogP contribution in [0.2, 0.25) is 0 Å². The Morgan fingerprint density at radius 2 is 1.94 bits per heavy atom. The fourth-order valence-corrected chi connectivity index (χ4v) is 3.23. The normalized spacial score (nSPS) is 27.2. The predicted octanol–water partition coefficient (Wildman–Crippen LogP) is 4.37. The van der Waals surface area contributed by atoms with Gasteiger partial charge in [0, 0.05) is 6.04 Å². The van der Waals surface area contributed by atoms with Crippen LogP contribution in [0.1, 0.15) is 72.1 Å². The Balaban J connectivity index is 2.31. The highest BCUT2D eigenvalue weighted by Gasteiger charge is 2.28. The molecule has 1 heteroatoms. The van der Waals surface area contributed by atoms with Crippen LogP contribution < -0.4 is 5.32 Å². The summed E-state index contributed by atoms with van der Waals surface area (Å²) in [5.74, 6) is 2.00. The second-order valence-electron chi connectivity index (χ2n) is 5.51. The molecule has 0 aromatic rings. The van der Waals surface area contributed by atoms with Gasteiger partial charge < -0.3 is 5.32 Å². The second-order valence-corrected chi connectivity index (χ2v) is 5.51. The smallest absolute Gasteiger partial charge is 0.00953 e. The zero-order chi connectivity index (χ0) is 11.8. The fraction of sp³-hybridized carbons (Fsp3) is 1.00. The van der Waals surface area contributed by atoms with Gasteiger partial charge in [-0.2, -0.15) is 0 Å². The average molecular weight is 225 g/mol. The van der Waals surface area contributed by atoms with E-state index in [0.717, 1.165) is 24.4 Å². The Bertz CT molecular complexity index is 167. The van der Waals surface area contributed by atoms with E-state index in [4.69, 9.17) is 0 Å². The molecule has 0 aliphatic heterocycles. The van der Waals surface area contributed by atoms with Crippen molar-refractivity contribution < 1.29 is 0 Å². The first-order valence-electron chi connectivity index (χ1n) is 7.55. The summed E-state index contributed by atoms with van der Waals surface area (Å²) in [5.41, 5.74) is 0. The highest BCUT2D eigenvalue weighted by Crippen LogP contribution is 2.36. The van der Waals surface area contributed by atoms with E-state index in [9.17, 15) is 0 Å². The number of rotatable bonds is 8. The molecule has 1 N–H and O–H groups in total. The van der Waals surface area contributed by atoms with Crippen LogP contribution in [0.5, 0.6) is 0 Å². The molecule has 0 bridgehead atoms. The van der Waals surface area contributed by atoms with Gasteiger partial charge in [0.25, 0.3) is 0 Å². The van der Waals surface area contributed by atoms with E-state index in [1.54, 1.807) is 0 Å². The van der Waals surface area contributed by atoms with Crippen LogP contribution in [0, 0.1) is 11.8 Å². The first-order valence-corrected chi connectivity index (χ1v) is 7.55. The van der Waals surface area contributed by atoms with E-state index < -0.39 is 0 Å². The van der Waals surface area contributed by atoms with Crippen molar-refractivity contribution in [3.63, 3.8) is 0 Å². The summed E-state index contributed by atoms with van der Waals surface area (Å²) >= 11 is 0. The van der Waals surface area contributed by atoms with E-state index in [1.165, 1.54) is 51.4 Å². The van der Waals surface area contributed by atoms with Crippen molar-refractivity contribution in [1.29, 1.82) is 0 Å². The van der Waals surface area contributed by atoms with Crippen LogP contribution in [0.25, 0.3) is 0 Å². The van der Waals surface area contributed by atoms with Gasteiger partial charge in [-0.15, -0.1) is 0 Å². The van der Waals surface area contributed by atoms with Crippen molar-refractivity contribution in [2.24, 2.45) is 11.8 Å². The third kappa shape index (κ3) is 4.45. The Labute approximate surface area is 102 Å². The minimum Gasteiger partial charge on any atom is -0.314 e. The molecule has 16 heavy (non-hydrogen) atoms. The summed E-state index contributed by atoms with van der Waals surface area (Å²) in [5, 5.41) is 3.73. The van der Waals surface area contributed by atoms with E-state index in [1.807, 2.05) is 0 Å². The van der Waals surface area contributed by atoms with Crippen LogP contribution in [-0.2, 0) is 0 Å². The molecule has 1 rings (SSSR count). The van der Waals surface area contributed by atoms with E-state index in [2.05, 4.69) is 26.1 Å². The van der Waals surface area contributed by atoms with Crippen LogP contribution in [0.15, 0.2) is 0 Å². The summed E-state index contributed by atoms with van der Waals surface area (Å²) in [6, 6.07) is 0.813. The molecule has 1 aliphatic rings. The summed E-state index contributed by atoms with van der Waals surface area (Å²) in [4.78, 5) is 0. The maximum Gasteiger partial charge on any atom is 0.00953 e. The van der Waals surface area contributed by atoms with Crippen molar-refractivity contribution in [1.82, 2.24) is 5.32 Å². The van der Waals surface area contributed by atoms with Gasteiger partial charge in [0.2, 0.25) is 0 Å². The minimum atomic E-state index is 0.813. The van der Waals surface area contributed by atoms with Gasteiger partial charge in [0.05, 0.1) is 0 Å². The second kappa shape index (κ2) is 8.11. The van der Waals surface area contributed by atoms with Crippen molar-refractivity contribution >= 4 is 0 Å². The van der Waals surface area contributed by atoms with Crippen LogP contribution >= 0.6 is 0 Å². The summed E-state index contributed by atoms with van der Waals surface area (Å²) < 4.78 is 0. The van der Waals surface area contributed by atoms with Gasteiger partial charge >= 0.3 is 0 Å². The molecule has 1 saturated carbocycles. The summed E-state index contributed by atoms with van der Waals surface area (Å²) in [7, 11) is 0. The molecule has 3 atom stereocenters. The molecule has 0 heterocycles. The van der Waals surface area contributed by atoms with E-state index in [-0.39, 0.29) is 0 Å². The maximum atomic E-state index is 3.73. The summed E-state index contributed by atoms with van der Waals surface area (Å²) in [6.07, 6.45) is 11.4. The number of hydrogen-bond acceptors (Lipinski definition) is 1. The highest BCUT2D eigenvalue weighted by molar-refractivity contribution is 4.84. The molecule has 0 aromatic heterocycles. The van der Waals surface area contributed by atoms with Gasteiger partial charge in [0.15, 0.2) is 0 Å². The van der Waals surface area contributed by atoms with E-state index >= 15 is 0 Å². The molecule has 0 amide bonds. The third-order valence-electron chi connectivity index (χ3n) is 4.31. The van der Waals surface area contributed by atoms with Crippen LogP contribution in [-0.4, -0.2) is 12.6 Å². The highest BCUT2D eigenvalue weighted by atomic mass is 14.9. The SMILES string of the molecule is CCCCCC(NCC)C1CCC(CC)C1. The molecule has 1 aliphatic carbocycles. The minimum absolute atomic E-state index is 0.813. The molecule has 1 nitrogen and oxygen atoms in total. The third-order valence-corrected chi connectivity index (χ3v) is 4.31. The van der Waals surface area contributed by atoms with Crippen molar-refractivity contribution in [3.05, 3.63) is 0 Å². The van der Waals surface area contributed by atoms with Gasteiger partial charge in [-0.25, -0.2) is 0 Å². The average Bonchev–Trinajstić information content (AvgIpc) is 2.76. The molecule has 0 aromatic carbocycles. The Kier molecular flexibility index (Phi) is 7.11. The van der Waals surface area contributed by atoms with Crippen molar-refractivity contribution in [2.45, 2.75) is 78.2 Å². The first-order chi connectivity index (χ1) is 7.81. The molecule has 96 valence electrons. The zero-order valence-electron chi connectivity index (χ0n) is 11.6. The number of hydrogen-bond donors (Lipinski definition) is 1. The number of unbranched alkanes of at least 4 members (excludes halogenated alkanes) is 2. The topological polar surface area (TPSA) is 12.0 Å². The standard InChI is InChI=1S/C15H31N/c1-4-7-8-9-15(16-6-3)14-11-10-13(5-2)12-14/h13-16H,4-12H2,1-3H3. The zero-order valence-corrected chi connectivity index (χ0v) is 11.6. The van der Waals surface area contributed by atoms with Gasteiger partial charge in [0.1, 0.15) is 0 Å².